The Kier molecular flexibility index (Phi) is 5.63. The molecule has 0 aromatic carbocycles. The fourth-order valence-electron chi connectivity index (χ4n) is 3.80. The molecule has 0 saturated carbocycles. The summed E-state index contributed by atoms with van der Waals surface area (Å²) in [6, 6.07) is -0.115. The summed E-state index contributed by atoms with van der Waals surface area (Å²) in [6.07, 6.45) is 10.4. The third-order valence-corrected chi connectivity index (χ3v) is 6.21. The highest BCUT2D eigenvalue weighted by molar-refractivity contribution is 7.15. The van der Waals surface area contributed by atoms with E-state index in [1.54, 1.807) is 29.8 Å². The Labute approximate surface area is 179 Å². The van der Waals surface area contributed by atoms with E-state index in [1.165, 1.54) is 0 Å². The Bertz CT molecular complexity index is 1100. The van der Waals surface area contributed by atoms with Gasteiger partial charge in [0.05, 0.1) is 11.7 Å². The molecule has 156 valence electrons. The zero-order valence-electron chi connectivity index (χ0n) is 17.6. The van der Waals surface area contributed by atoms with Crippen LogP contribution in [0.3, 0.4) is 0 Å². The van der Waals surface area contributed by atoms with Gasteiger partial charge in [0.2, 0.25) is 5.91 Å². The van der Waals surface area contributed by atoms with Gasteiger partial charge in [-0.1, -0.05) is 0 Å². The van der Waals surface area contributed by atoms with Gasteiger partial charge in [-0.3, -0.25) is 14.5 Å². The van der Waals surface area contributed by atoms with Crippen molar-refractivity contribution in [2.45, 2.75) is 39.7 Å². The van der Waals surface area contributed by atoms with E-state index in [1.807, 2.05) is 49.7 Å². The molecule has 4 heterocycles. The first-order chi connectivity index (χ1) is 14.4. The van der Waals surface area contributed by atoms with E-state index < -0.39 is 0 Å². The van der Waals surface area contributed by atoms with Crippen LogP contribution in [0.4, 0.5) is 10.9 Å². The maximum atomic E-state index is 13.0. The van der Waals surface area contributed by atoms with Gasteiger partial charge >= 0.3 is 0 Å². The number of carbonyl (C=O) groups excluding carboxylic acids is 1. The first-order valence-electron chi connectivity index (χ1n) is 9.93. The van der Waals surface area contributed by atoms with E-state index in [-0.39, 0.29) is 11.9 Å². The van der Waals surface area contributed by atoms with Gasteiger partial charge in [0.25, 0.3) is 0 Å². The van der Waals surface area contributed by atoms with Crippen molar-refractivity contribution in [3.63, 3.8) is 0 Å². The maximum Gasteiger partial charge on any atom is 0.247 e. The first-order valence-corrected chi connectivity index (χ1v) is 10.7. The number of aromatic nitrogens is 5. The van der Waals surface area contributed by atoms with Crippen molar-refractivity contribution in [2.24, 2.45) is 7.05 Å². The molecular weight excluding hydrogens is 398 g/mol. The van der Waals surface area contributed by atoms with Gasteiger partial charge in [0.15, 0.2) is 10.9 Å². The zero-order chi connectivity index (χ0) is 21.3. The number of aryl methyl sites for hydroxylation is 3. The van der Waals surface area contributed by atoms with E-state index in [0.717, 1.165) is 45.5 Å². The minimum Gasteiger partial charge on any atom is -0.330 e. The van der Waals surface area contributed by atoms with E-state index in [0.29, 0.717) is 12.4 Å². The second-order valence-corrected chi connectivity index (χ2v) is 8.66. The largest absolute Gasteiger partial charge is 0.330 e. The van der Waals surface area contributed by atoms with Gasteiger partial charge in [0.1, 0.15) is 5.69 Å². The predicted molar refractivity (Wildman–Crippen MR) is 118 cm³/mol. The summed E-state index contributed by atoms with van der Waals surface area (Å²) in [5, 5.41) is 8.45. The SMILES string of the molecule is Cc1cnc(Nc2nccnc2[C@H]2CCCN2C(=O)/C=C/c2c(C)nn(C)c2C)s1. The quantitative estimate of drug-likeness (QED) is 0.629. The number of nitrogens with one attached hydrogen (secondary N) is 1. The highest BCUT2D eigenvalue weighted by atomic mass is 32.1. The Morgan fingerprint density at radius 2 is 2.03 bits per heavy atom. The summed E-state index contributed by atoms with van der Waals surface area (Å²) in [4.78, 5) is 29.4. The van der Waals surface area contributed by atoms with Crippen LogP contribution in [0, 0.1) is 20.8 Å². The van der Waals surface area contributed by atoms with Crippen LogP contribution in [0.1, 0.15) is 46.4 Å². The van der Waals surface area contributed by atoms with Crippen molar-refractivity contribution in [3.05, 3.63) is 52.2 Å². The average Bonchev–Trinajstić information content (AvgIpc) is 3.42. The number of rotatable bonds is 5. The van der Waals surface area contributed by atoms with Gasteiger partial charge in [-0.05, 0) is 39.7 Å². The van der Waals surface area contributed by atoms with Gasteiger partial charge < -0.3 is 10.2 Å². The molecule has 4 rings (SSSR count). The molecule has 9 heteroatoms. The normalized spacial score (nSPS) is 16.5. The van der Waals surface area contributed by atoms with Gasteiger partial charge in [-0.25, -0.2) is 9.97 Å². The molecule has 0 aliphatic carbocycles. The number of carbonyl (C=O) groups is 1. The van der Waals surface area contributed by atoms with Crippen molar-refractivity contribution in [1.82, 2.24) is 29.6 Å². The second-order valence-electron chi connectivity index (χ2n) is 7.42. The van der Waals surface area contributed by atoms with Crippen molar-refractivity contribution >= 4 is 34.3 Å². The lowest BCUT2D eigenvalue weighted by Gasteiger charge is -2.24. The molecule has 1 N–H and O–H groups in total. The molecule has 0 bridgehead atoms. The number of anilines is 2. The summed E-state index contributed by atoms with van der Waals surface area (Å²) in [5.74, 6) is 0.626. The highest BCUT2D eigenvalue weighted by Crippen LogP contribution is 2.35. The number of thiazole rings is 1. The monoisotopic (exact) mass is 423 g/mol. The molecular formula is C21H25N7OS. The molecule has 0 radical (unpaired) electrons. The predicted octanol–water partition coefficient (Wildman–Crippen LogP) is 3.71. The number of likely N-dealkylation sites (tertiary alicyclic amines) is 1. The van der Waals surface area contributed by atoms with Crippen molar-refractivity contribution in [1.29, 1.82) is 0 Å². The van der Waals surface area contributed by atoms with Crippen LogP contribution in [0.2, 0.25) is 0 Å². The standard InChI is InChI=1S/C21H25N7OS/c1-13-12-24-21(30-13)25-20-19(22-9-10-23-20)17-6-5-11-28(17)18(29)8-7-16-14(2)26-27(4)15(16)3/h7-10,12,17H,5-6,11H2,1-4H3,(H,23,24,25)/b8-7+/t17-/m1/s1. The van der Waals surface area contributed by atoms with Gasteiger partial charge in [0, 0.05) is 54.4 Å². The number of hydrogen-bond acceptors (Lipinski definition) is 7. The molecule has 8 nitrogen and oxygen atoms in total. The molecule has 1 aliphatic rings. The lowest BCUT2D eigenvalue weighted by molar-refractivity contribution is -0.126. The van der Waals surface area contributed by atoms with Crippen LogP contribution in [-0.4, -0.2) is 42.1 Å². The van der Waals surface area contributed by atoms with Crippen LogP contribution in [0.5, 0.6) is 0 Å². The summed E-state index contributed by atoms with van der Waals surface area (Å²) in [7, 11) is 1.91. The van der Waals surface area contributed by atoms with Crippen molar-refractivity contribution in [2.75, 3.05) is 11.9 Å². The van der Waals surface area contributed by atoms with E-state index in [4.69, 9.17) is 0 Å². The third kappa shape index (κ3) is 3.97. The van der Waals surface area contributed by atoms with Crippen LogP contribution in [0.25, 0.3) is 6.08 Å². The maximum absolute atomic E-state index is 13.0. The number of amides is 1. The summed E-state index contributed by atoms with van der Waals surface area (Å²) < 4.78 is 1.83. The molecule has 3 aromatic rings. The Balaban J connectivity index is 1.56. The van der Waals surface area contributed by atoms with Gasteiger partial charge in [-0.2, -0.15) is 5.10 Å². The Morgan fingerprint density at radius 1 is 1.23 bits per heavy atom. The fraction of sp³-hybridized carbons (Fsp3) is 0.381. The van der Waals surface area contributed by atoms with Crippen LogP contribution in [-0.2, 0) is 11.8 Å². The molecule has 1 saturated heterocycles. The van der Waals surface area contributed by atoms with E-state index >= 15 is 0 Å². The fourth-order valence-corrected chi connectivity index (χ4v) is 4.46. The molecule has 0 unspecified atom stereocenters. The van der Waals surface area contributed by atoms with Crippen molar-refractivity contribution < 1.29 is 4.79 Å². The highest BCUT2D eigenvalue weighted by Gasteiger charge is 2.32. The lowest BCUT2D eigenvalue weighted by atomic mass is 10.1. The van der Waals surface area contributed by atoms with Crippen LogP contribution >= 0.6 is 11.3 Å². The minimum absolute atomic E-state index is 0.0261. The average molecular weight is 424 g/mol. The topological polar surface area (TPSA) is 88.8 Å². The molecule has 1 aliphatic heterocycles. The second kappa shape index (κ2) is 8.35. The van der Waals surface area contributed by atoms with E-state index in [2.05, 4.69) is 25.4 Å². The molecule has 0 spiro atoms. The third-order valence-electron chi connectivity index (χ3n) is 5.38. The minimum atomic E-state index is -0.115. The lowest BCUT2D eigenvalue weighted by Crippen LogP contribution is -2.30. The smallest absolute Gasteiger partial charge is 0.247 e. The summed E-state index contributed by atoms with van der Waals surface area (Å²) in [6.45, 7) is 6.66. The molecule has 3 aromatic heterocycles. The molecule has 1 amide bonds. The van der Waals surface area contributed by atoms with Crippen LogP contribution < -0.4 is 5.32 Å². The molecule has 1 atom stereocenters. The van der Waals surface area contributed by atoms with E-state index in [9.17, 15) is 4.79 Å². The summed E-state index contributed by atoms with van der Waals surface area (Å²) in [5.41, 5.74) is 3.71. The Hall–Kier alpha value is -3.07. The number of nitrogens with zero attached hydrogens (tertiary/aromatic N) is 6. The molecule has 30 heavy (non-hydrogen) atoms. The van der Waals surface area contributed by atoms with Gasteiger partial charge in [-0.15, -0.1) is 11.3 Å². The van der Waals surface area contributed by atoms with Crippen molar-refractivity contribution in [3.8, 4) is 0 Å². The van der Waals surface area contributed by atoms with Crippen LogP contribution in [0.15, 0.2) is 24.7 Å². The first kappa shape index (κ1) is 20.2. The molecule has 1 fully saturated rings. The Morgan fingerprint density at radius 3 is 2.73 bits per heavy atom. The number of hydrogen-bond donors (Lipinski definition) is 1. The zero-order valence-corrected chi connectivity index (χ0v) is 18.4. The summed E-state index contributed by atoms with van der Waals surface area (Å²) >= 11 is 1.56.